The zero-order valence-electron chi connectivity index (χ0n) is 19.2. The molecule has 31 heavy (non-hydrogen) atoms. The molecule has 1 heterocycles. The predicted molar refractivity (Wildman–Crippen MR) is 130 cm³/mol. The van der Waals surface area contributed by atoms with Crippen molar-refractivity contribution in [3.8, 4) is 0 Å². The molecule has 2 aromatic carbocycles. The quantitative estimate of drug-likeness (QED) is 0.372. The van der Waals surface area contributed by atoms with Gasteiger partial charge in [-0.1, -0.05) is 63.2 Å². The molecule has 0 aliphatic carbocycles. The molecule has 1 amide bonds. The smallest absolute Gasteiger partial charge is 0.240 e. The van der Waals surface area contributed by atoms with Crippen LogP contribution >= 0.6 is 0 Å². The molecule has 0 unspecified atom stereocenters. The van der Waals surface area contributed by atoms with Gasteiger partial charge in [-0.3, -0.25) is 4.79 Å². The van der Waals surface area contributed by atoms with E-state index in [4.69, 9.17) is 4.43 Å². The maximum atomic E-state index is 12.7. The van der Waals surface area contributed by atoms with E-state index in [2.05, 4.69) is 61.6 Å². The number of carbonyl (C=O) groups is 1. The highest BCUT2D eigenvalue weighted by molar-refractivity contribution is 6.74. The third-order valence-corrected chi connectivity index (χ3v) is 10.5. The molecular weight excluding hydrogens is 404 g/mol. The van der Waals surface area contributed by atoms with E-state index in [0.29, 0.717) is 25.6 Å². The van der Waals surface area contributed by atoms with Gasteiger partial charge in [-0.15, -0.1) is 0 Å². The third kappa shape index (κ3) is 5.95. The molecule has 0 aliphatic heterocycles. The normalized spacial score (nSPS) is 12.2. The predicted octanol–water partition coefficient (Wildman–Crippen LogP) is 4.79. The molecule has 0 fully saturated rings. The second kappa shape index (κ2) is 9.66. The van der Waals surface area contributed by atoms with Crippen molar-refractivity contribution in [1.29, 1.82) is 0 Å². The van der Waals surface area contributed by atoms with Gasteiger partial charge in [0.1, 0.15) is 6.54 Å². The minimum Gasteiger partial charge on any atom is -0.415 e. The van der Waals surface area contributed by atoms with E-state index in [1.54, 1.807) is 0 Å². The van der Waals surface area contributed by atoms with Gasteiger partial charge in [0.2, 0.25) is 11.9 Å². The summed E-state index contributed by atoms with van der Waals surface area (Å²) in [7, 11) is -1.80. The summed E-state index contributed by atoms with van der Waals surface area (Å²) >= 11 is 0. The highest BCUT2D eigenvalue weighted by Crippen LogP contribution is 2.36. The number of anilines is 1. The molecule has 3 aromatic rings. The Kier molecular flexibility index (Phi) is 7.18. The molecule has 0 saturated carbocycles. The molecule has 1 aromatic heterocycles. The number of imidazole rings is 1. The number of para-hydroxylation sites is 2. The lowest BCUT2D eigenvalue weighted by Crippen LogP contribution is -2.43. The summed E-state index contributed by atoms with van der Waals surface area (Å²) in [5.74, 6) is 0.641. The second-order valence-electron chi connectivity index (χ2n) is 9.31. The Morgan fingerprint density at radius 1 is 1.06 bits per heavy atom. The summed E-state index contributed by atoms with van der Waals surface area (Å²) < 4.78 is 8.09. The third-order valence-electron chi connectivity index (χ3n) is 5.94. The Bertz CT molecular complexity index is 1010. The van der Waals surface area contributed by atoms with Crippen molar-refractivity contribution in [3.63, 3.8) is 0 Å². The molecule has 0 radical (unpaired) electrons. The van der Waals surface area contributed by atoms with Crippen LogP contribution in [0.25, 0.3) is 11.0 Å². The molecule has 2 N–H and O–H groups in total. The van der Waals surface area contributed by atoms with E-state index in [-0.39, 0.29) is 17.5 Å². The largest absolute Gasteiger partial charge is 0.415 e. The average molecular weight is 439 g/mol. The van der Waals surface area contributed by atoms with Crippen LogP contribution in [0.4, 0.5) is 5.95 Å². The van der Waals surface area contributed by atoms with Gasteiger partial charge in [0.25, 0.3) is 0 Å². The van der Waals surface area contributed by atoms with Gasteiger partial charge < -0.3 is 19.6 Å². The molecular formula is C24H34N4O2Si. The lowest BCUT2D eigenvalue weighted by molar-refractivity contribution is -0.121. The van der Waals surface area contributed by atoms with Gasteiger partial charge in [0, 0.05) is 13.1 Å². The van der Waals surface area contributed by atoms with Crippen molar-refractivity contribution in [3.05, 3.63) is 60.2 Å². The first-order chi connectivity index (χ1) is 14.7. The molecule has 0 aliphatic rings. The van der Waals surface area contributed by atoms with Crippen LogP contribution in [0.1, 0.15) is 26.3 Å². The van der Waals surface area contributed by atoms with E-state index >= 15 is 0 Å². The van der Waals surface area contributed by atoms with Gasteiger partial charge in [-0.25, -0.2) is 4.98 Å². The fraction of sp³-hybridized carbons (Fsp3) is 0.417. The summed E-state index contributed by atoms with van der Waals surface area (Å²) in [5.41, 5.74) is 2.96. The van der Waals surface area contributed by atoms with Gasteiger partial charge >= 0.3 is 0 Å². The summed E-state index contributed by atoms with van der Waals surface area (Å²) in [6.45, 7) is 13.0. The van der Waals surface area contributed by atoms with Crippen molar-refractivity contribution >= 4 is 31.2 Å². The molecule has 6 nitrogen and oxygen atoms in total. The first-order valence-electron chi connectivity index (χ1n) is 10.8. The summed E-state index contributed by atoms with van der Waals surface area (Å²) in [6, 6.07) is 18.0. The van der Waals surface area contributed by atoms with Gasteiger partial charge in [0.05, 0.1) is 17.6 Å². The fourth-order valence-corrected chi connectivity index (χ4v) is 4.11. The van der Waals surface area contributed by atoms with Crippen LogP contribution in [-0.2, 0) is 22.3 Å². The minimum absolute atomic E-state index is 0.0512. The van der Waals surface area contributed by atoms with Crippen molar-refractivity contribution in [2.24, 2.45) is 0 Å². The van der Waals surface area contributed by atoms with Crippen LogP contribution in [0.15, 0.2) is 54.6 Å². The number of benzene rings is 2. The second-order valence-corrected chi connectivity index (χ2v) is 14.1. The Hall–Kier alpha value is -2.64. The maximum absolute atomic E-state index is 12.7. The molecule has 0 bridgehead atoms. The van der Waals surface area contributed by atoms with Crippen molar-refractivity contribution in [2.45, 2.75) is 52.0 Å². The summed E-state index contributed by atoms with van der Waals surface area (Å²) in [5, 5.41) is 6.53. The lowest BCUT2D eigenvalue weighted by Gasteiger charge is -2.36. The maximum Gasteiger partial charge on any atom is 0.240 e. The molecule has 0 atom stereocenters. The van der Waals surface area contributed by atoms with Crippen LogP contribution in [0.3, 0.4) is 0 Å². The number of nitrogens with one attached hydrogen (secondary N) is 2. The SMILES string of the molecule is CC(C)(C)[Si](C)(C)OCCNC(=O)Cn1c(NCc2ccccc2)nc2ccccc21. The lowest BCUT2D eigenvalue weighted by atomic mass is 10.2. The fourth-order valence-electron chi connectivity index (χ4n) is 3.06. The first-order valence-corrected chi connectivity index (χ1v) is 13.7. The zero-order valence-corrected chi connectivity index (χ0v) is 20.2. The Balaban J connectivity index is 1.62. The molecule has 0 saturated heterocycles. The van der Waals surface area contributed by atoms with Crippen LogP contribution in [0.2, 0.25) is 18.1 Å². The Labute approximate surface area is 186 Å². The highest BCUT2D eigenvalue weighted by Gasteiger charge is 2.36. The van der Waals surface area contributed by atoms with Crippen molar-refractivity contribution in [1.82, 2.24) is 14.9 Å². The van der Waals surface area contributed by atoms with Crippen LogP contribution in [0.5, 0.6) is 0 Å². The topological polar surface area (TPSA) is 68.2 Å². The van der Waals surface area contributed by atoms with E-state index in [1.165, 1.54) is 0 Å². The van der Waals surface area contributed by atoms with Crippen LogP contribution < -0.4 is 10.6 Å². The molecule has 7 heteroatoms. The van der Waals surface area contributed by atoms with Crippen molar-refractivity contribution in [2.75, 3.05) is 18.5 Å². The number of rotatable bonds is 9. The Morgan fingerprint density at radius 2 is 1.74 bits per heavy atom. The summed E-state index contributed by atoms with van der Waals surface area (Å²) in [4.78, 5) is 17.4. The molecule has 3 rings (SSSR count). The number of aromatic nitrogens is 2. The minimum atomic E-state index is -1.80. The number of nitrogens with zero attached hydrogens (tertiary/aromatic N) is 2. The molecule has 166 valence electrons. The van der Waals surface area contributed by atoms with Crippen LogP contribution in [0, 0.1) is 0 Å². The van der Waals surface area contributed by atoms with E-state index in [1.807, 2.05) is 47.0 Å². The van der Waals surface area contributed by atoms with E-state index < -0.39 is 8.32 Å². The van der Waals surface area contributed by atoms with Crippen LogP contribution in [-0.4, -0.2) is 36.9 Å². The first kappa shape index (κ1) is 23.0. The Morgan fingerprint density at radius 3 is 2.45 bits per heavy atom. The number of carbonyl (C=O) groups excluding carboxylic acids is 1. The average Bonchev–Trinajstić information content (AvgIpc) is 3.07. The highest BCUT2D eigenvalue weighted by atomic mass is 28.4. The van der Waals surface area contributed by atoms with Crippen molar-refractivity contribution < 1.29 is 9.22 Å². The number of amides is 1. The van der Waals surface area contributed by atoms with E-state index in [9.17, 15) is 4.79 Å². The number of hydrogen-bond acceptors (Lipinski definition) is 4. The van der Waals surface area contributed by atoms with Gasteiger partial charge in [-0.2, -0.15) is 0 Å². The number of fused-ring (bicyclic) bond motifs is 1. The summed E-state index contributed by atoms with van der Waals surface area (Å²) in [6.07, 6.45) is 0. The van der Waals surface area contributed by atoms with Gasteiger partial charge in [0.15, 0.2) is 8.32 Å². The number of hydrogen-bond donors (Lipinski definition) is 2. The standard InChI is InChI=1S/C24H34N4O2Si/c1-24(2,3)31(4,5)30-16-15-25-22(29)18-28-21-14-10-9-13-20(21)27-23(28)26-17-19-11-7-6-8-12-19/h6-14H,15-18H2,1-5H3,(H,25,29)(H,26,27). The van der Waals surface area contributed by atoms with E-state index in [0.717, 1.165) is 16.6 Å². The van der Waals surface area contributed by atoms with Gasteiger partial charge in [-0.05, 0) is 35.8 Å². The molecule has 0 spiro atoms. The zero-order chi connectivity index (χ0) is 22.5. The monoisotopic (exact) mass is 438 g/mol.